The first kappa shape index (κ1) is 12.1. The molecule has 1 heterocycles. The lowest BCUT2D eigenvalue weighted by Gasteiger charge is -2.35. The molecule has 5 nitrogen and oxygen atoms in total. The lowest BCUT2D eigenvalue weighted by Crippen LogP contribution is -2.54. The van der Waals surface area contributed by atoms with E-state index in [9.17, 15) is 9.59 Å². The number of aliphatic carboxylic acids is 1. The molecule has 0 radical (unpaired) electrons. The standard InChI is InChI=1S/C12H17NO4/c14-11(9-4-2-1-3-5-9)13-6-7-17-8-10(13)12(15)16/h1-2,9-10H,3-8H2,(H,15,16)/t9-,10+/m0/s1. The van der Waals surface area contributed by atoms with Crippen molar-refractivity contribution in [3.05, 3.63) is 12.2 Å². The van der Waals surface area contributed by atoms with Crippen molar-refractivity contribution in [3.63, 3.8) is 0 Å². The predicted octanol–water partition coefficient (Wildman–Crippen LogP) is 0.655. The molecule has 1 aliphatic carbocycles. The van der Waals surface area contributed by atoms with Gasteiger partial charge in [0.25, 0.3) is 0 Å². The van der Waals surface area contributed by atoms with Crippen LogP contribution in [-0.4, -0.2) is 47.7 Å². The van der Waals surface area contributed by atoms with Crippen molar-refractivity contribution in [2.75, 3.05) is 19.8 Å². The van der Waals surface area contributed by atoms with Crippen molar-refractivity contribution < 1.29 is 19.4 Å². The third-order valence-corrected chi connectivity index (χ3v) is 3.31. The number of carbonyl (C=O) groups is 2. The maximum absolute atomic E-state index is 12.2. The highest BCUT2D eigenvalue weighted by Gasteiger charge is 2.35. The molecule has 0 saturated carbocycles. The van der Waals surface area contributed by atoms with Crippen LogP contribution in [0.25, 0.3) is 0 Å². The summed E-state index contributed by atoms with van der Waals surface area (Å²) in [5, 5.41) is 9.07. The average molecular weight is 239 g/mol. The molecule has 5 heteroatoms. The molecule has 17 heavy (non-hydrogen) atoms. The molecule has 0 bridgehead atoms. The lowest BCUT2D eigenvalue weighted by atomic mass is 9.92. The molecule has 0 aromatic rings. The Kier molecular flexibility index (Phi) is 3.78. The maximum Gasteiger partial charge on any atom is 0.328 e. The topological polar surface area (TPSA) is 66.8 Å². The van der Waals surface area contributed by atoms with Crippen LogP contribution in [0.2, 0.25) is 0 Å². The van der Waals surface area contributed by atoms with Crippen LogP contribution in [0, 0.1) is 5.92 Å². The van der Waals surface area contributed by atoms with Gasteiger partial charge in [0.15, 0.2) is 6.04 Å². The van der Waals surface area contributed by atoms with Crippen LogP contribution >= 0.6 is 0 Å². The smallest absolute Gasteiger partial charge is 0.328 e. The number of amides is 1. The zero-order valence-electron chi connectivity index (χ0n) is 9.67. The minimum absolute atomic E-state index is 0.0370. The van der Waals surface area contributed by atoms with Crippen LogP contribution in [0.1, 0.15) is 19.3 Å². The number of carboxylic acids is 1. The van der Waals surface area contributed by atoms with Gasteiger partial charge < -0.3 is 14.7 Å². The van der Waals surface area contributed by atoms with E-state index in [1.165, 1.54) is 4.90 Å². The first-order chi connectivity index (χ1) is 8.20. The van der Waals surface area contributed by atoms with Crippen LogP contribution in [0.5, 0.6) is 0 Å². The minimum Gasteiger partial charge on any atom is -0.480 e. The maximum atomic E-state index is 12.2. The van der Waals surface area contributed by atoms with Gasteiger partial charge in [0.05, 0.1) is 13.2 Å². The van der Waals surface area contributed by atoms with E-state index in [1.807, 2.05) is 6.08 Å². The summed E-state index contributed by atoms with van der Waals surface area (Å²) in [5.41, 5.74) is 0. The predicted molar refractivity (Wildman–Crippen MR) is 60.4 cm³/mol. The number of nitrogens with zero attached hydrogens (tertiary/aromatic N) is 1. The Hall–Kier alpha value is -1.36. The molecule has 1 saturated heterocycles. The highest BCUT2D eigenvalue weighted by molar-refractivity contribution is 5.85. The molecule has 0 aromatic carbocycles. The number of ether oxygens (including phenoxy) is 1. The van der Waals surface area contributed by atoms with Gasteiger partial charge in [-0.3, -0.25) is 4.79 Å². The third kappa shape index (κ3) is 2.66. The minimum atomic E-state index is -0.982. The van der Waals surface area contributed by atoms with Crippen LogP contribution in [0.15, 0.2) is 12.2 Å². The van der Waals surface area contributed by atoms with Crippen LogP contribution in [0.3, 0.4) is 0 Å². The monoisotopic (exact) mass is 239 g/mol. The zero-order valence-corrected chi connectivity index (χ0v) is 9.67. The number of carbonyl (C=O) groups excluding carboxylic acids is 1. The van der Waals surface area contributed by atoms with Crippen LogP contribution < -0.4 is 0 Å². The summed E-state index contributed by atoms with van der Waals surface area (Å²) < 4.78 is 5.12. The number of hydrogen-bond acceptors (Lipinski definition) is 3. The van der Waals surface area contributed by atoms with Crippen molar-refractivity contribution in [3.8, 4) is 0 Å². The Bertz CT molecular complexity index is 339. The molecule has 94 valence electrons. The molecular weight excluding hydrogens is 222 g/mol. The van der Waals surface area contributed by atoms with Crippen molar-refractivity contribution in [1.82, 2.24) is 4.90 Å². The largest absolute Gasteiger partial charge is 0.480 e. The molecule has 2 rings (SSSR count). The second-order valence-corrected chi connectivity index (χ2v) is 4.44. The van der Waals surface area contributed by atoms with E-state index >= 15 is 0 Å². The van der Waals surface area contributed by atoms with Crippen LogP contribution in [0.4, 0.5) is 0 Å². The Labute approximate surface area is 100 Å². The molecular formula is C12H17NO4. The van der Waals surface area contributed by atoms with Gasteiger partial charge in [0.2, 0.25) is 5.91 Å². The van der Waals surface area contributed by atoms with Crippen molar-refractivity contribution in [2.45, 2.75) is 25.3 Å². The number of morpholine rings is 1. The Morgan fingerprint density at radius 1 is 1.35 bits per heavy atom. The van der Waals surface area contributed by atoms with Crippen LogP contribution in [-0.2, 0) is 14.3 Å². The molecule has 0 aromatic heterocycles. The van der Waals surface area contributed by atoms with E-state index in [2.05, 4.69) is 6.08 Å². The number of allylic oxidation sites excluding steroid dienone is 2. The van der Waals surface area contributed by atoms with Gasteiger partial charge in [-0.2, -0.15) is 0 Å². The van der Waals surface area contributed by atoms with E-state index < -0.39 is 12.0 Å². The SMILES string of the molecule is O=C(O)[C@H]1COCCN1C(=O)[C@H]1CC=CCC1. The fourth-order valence-electron chi connectivity index (χ4n) is 2.32. The van der Waals surface area contributed by atoms with E-state index in [0.29, 0.717) is 13.2 Å². The molecule has 2 aliphatic rings. The Morgan fingerprint density at radius 2 is 2.18 bits per heavy atom. The summed E-state index contributed by atoms with van der Waals surface area (Å²) in [5.74, 6) is -1.07. The molecule has 0 spiro atoms. The molecule has 1 fully saturated rings. The van der Waals surface area contributed by atoms with E-state index in [1.54, 1.807) is 0 Å². The summed E-state index contributed by atoms with van der Waals surface area (Å²) in [4.78, 5) is 24.8. The Morgan fingerprint density at radius 3 is 2.82 bits per heavy atom. The number of rotatable bonds is 2. The van der Waals surface area contributed by atoms with Gasteiger partial charge in [0, 0.05) is 12.5 Å². The highest BCUT2D eigenvalue weighted by atomic mass is 16.5. The fraction of sp³-hybridized carbons (Fsp3) is 0.667. The van der Waals surface area contributed by atoms with Gasteiger partial charge in [-0.15, -0.1) is 0 Å². The van der Waals surface area contributed by atoms with Crippen molar-refractivity contribution in [1.29, 1.82) is 0 Å². The second-order valence-electron chi connectivity index (χ2n) is 4.44. The fourth-order valence-corrected chi connectivity index (χ4v) is 2.32. The summed E-state index contributed by atoms with van der Waals surface area (Å²) in [6.45, 7) is 0.914. The van der Waals surface area contributed by atoms with Gasteiger partial charge in [-0.25, -0.2) is 4.79 Å². The zero-order chi connectivity index (χ0) is 12.3. The second kappa shape index (κ2) is 5.31. The van der Waals surface area contributed by atoms with Crippen molar-refractivity contribution in [2.24, 2.45) is 5.92 Å². The van der Waals surface area contributed by atoms with E-state index in [0.717, 1.165) is 19.3 Å². The molecule has 2 atom stereocenters. The summed E-state index contributed by atoms with van der Waals surface area (Å²) >= 11 is 0. The number of carboxylic acid groups (broad SMARTS) is 1. The van der Waals surface area contributed by atoms with Crippen molar-refractivity contribution >= 4 is 11.9 Å². The summed E-state index contributed by atoms with van der Waals surface area (Å²) in [6.07, 6.45) is 6.51. The average Bonchev–Trinajstić information content (AvgIpc) is 2.39. The third-order valence-electron chi connectivity index (χ3n) is 3.31. The number of hydrogen-bond donors (Lipinski definition) is 1. The van der Waals surface area contributed by atoms with Gasteiger partial charge in [-0.05, 0) is 19.3 Å². The molecule has 1 amide bonds. The first-order valence-electron chi connectivity index (χ1n) is 5.96. The first-order valence-corrected chi connectivity index (χ1v) is 5.96. The summed E-state index contributed by atoms with van der Waals surface area (Å²) in [7, 11) is 0. The van der Waals surface area contributed by atoms with Gasteiger partial charge >= 0.3 is 5.97 Å². The van der Waals surface area contributed by atoms with E-state index in [4.69, 9.17) is 9.84 Å². The lowest BCUT2D eigenvalue weighted by molar-refractivity contribution is -0.160. The Balaban J connectivity index is 2.05. The normalized spacial score (nSPS) is 29.1. The highest BCUT2D eigenvalue weighted by Crippen LogP contribution is 2.22. The van der Waals surface area contributed by atoms with Gasteiger partial charge in [0.1, 0.15) is 0 Å². The summed E-state index contributed by atoms with van der Waals surface area (Å²) in [6, 6.07) is -0.817. The molecule has 1 N–H and O–H groups in total. The van der Waals surface area contributed by atoms with Gasteiger partial charge in [-0.1, -0.05) is 12.2 Å². The quantitative estimate of drug-likeness (QED) is 0.719. The van der Waals surface area contributed by atoms with E-state index in [-0.39, 0.29) is 18.4 Å². The molecule has 1 aliphatic heterocycles. The molecule has 0 unspecified atom stereocenters.